The molecule has 0 N–H and O–H groups in total. The van der Waals surface area contributed by atoms with Crippen LogP contribution < -0.4 is 0 Å². The van der Waals surface area contributed by atoms with E-state index in [1.54, 1.807) is 5.43 Å². The quantitative estimate of drug-likeness (QED) is 0.462. The van der Waals surface area contributed by atoms with Gasteiger partial charge >= 0.3 is 85.1 Å². The van der Waals surface area contributed by atoms with E-state index < -0.39 is 10.7 Å². The standard InChI is InChI=1S/BH8P7S2/c2-5-8(7(3)4)6-10-1-9/h5,10H,2-4H2/i10T. The van der Waals surface area contributed by atoms with Crippen LogP contribution in [0.3, 0.4) is 0 Å². The Balaban J connectivity index is 4.16. The molecule has 6 atom stereocenters. The third-order valence-corrected chi connectivity index (χ3v) is 35.8. The first-order valence-electron chi connectivity index (χ1n) is 2.49. The Bertz CT molecular complexity index is 157. The summed E-state index contributed by atoms with van der Waals surface area (Å²) in [6.07, 6.45) is 0. The van der Waals surface area contributed by atoms with Gasteiger partial charge in [-0.3, -0.25) is 0 Å². The molecule has 0 aromatic carbocycles. The Morgan fingerprint density at radius 2 is 2.40 bits per heavy atom. The molecule has 0 aliphatic rings. The molecule has 0 nitrogen and oxygen atoms in total. The van der Waals surface area contributed by atoms with Crippen molar-refractivity contribution in [1.82, 2.24) is 0 Å². The maximum absolute atomic E-state index is 7.51. The minimum absolute atomic E-state index is 0.00426. The Morgan fingerprint density at radius 1 is 1.80 bits per heavy atom. The summed E-state index contributed by atoms with van der Waals surface area (Å²) < 4.78 is 7.51. The molecule has 0 rings (SSSR count). The molecule has 10 heavy (non-hydrogen) atoms. The van der Waals surface area contributed by atoms with Gasteiger partial charge in [0.2, 0.25) is 0 Å². The topological polar surface area (TPSA) is 0 Å². The molecule has 0 aliphatic carbocycles. The van der Waals surface area contributed by atoms with Crippen LogP contribution in [0.5, 0.6) is 0 Å². The van der Waals surface area contributed by atoms with E-state index in [0.717, 1.165) is 7.96 Å². The van der Waals surface area contributed by atoms with E-state index in [-0.39, 0.29) is 14.0 Å². The van der Waals surface area contributed by atoms with Gasteiger partial charge in [-0.1, -0.05) is 0 Å². The van der Waals surface area contributed by atoms with Gasteiger partial charge in [0.15, 0.2) is 0 Å². The normalized spacial score (nSPS) is 19.4. The summed E-state index contributed by atoms with van der Waals surface area (Å²) in [6.45, 7) is 0.0137. The van der Waals surface area contributed by atoms with Gasteiger partial charge in [-0.25, -0.2) is 0 Å². The first kappa shape index (κ1) is 11.6. The average Bonchev–Trinajstić information content (AvgIpc) is 1.99. The summed E-state index contributed by atoms with van der Waals surface area (Å²) in [6, 6.07) is 0. The zero-order valence-electron chi connectivity index (χ0n) is 5.97. The van der Waals surface area contributed by atoms with Crippen LogP contribution in [0.25, 0.3) is 0 Å². The average molecular weight is 302 g/mol. The molecule has 0 saturated heterocycles. The summed E-state index contributed by atoms with van der Waals surface area (Å²) >= 11 is 4.72. The fourth-order valence-electron chi connectivity index (χ4n) is 0.196. The maximum atomic E-state index is 7.51. The monoisotopic (exact) mass is 302 g/mol. The third kappa shape index (κ3) is 6.97. The molecule has 6 unspecified atom stereocenters. The predicted molar refractivity (Wildman–Crippen MR) is 80.3 cm³/mol. The molecule has 0 fully saturated rings. The molecule has 10 heteroatoms. The molecule has 58 valence electrons. The molecular formula is H8BP7S2. The van der Waals surface area contributed by atoms with Crippen molar-refractivity contribution in [3.8, 4) is 0 Å². The second kappa shape index (κ2) is 9.08. The summed E-state index contributed by atoms with van der Waals surface area (Å²) in [5.41, 5.74) is 1.58. The molecule has 0 spiro atoms. The SMILES string of the molecule is [3H]S(B=S)=PP(PP)P(P)P. The Hall–Kier alpha value is 3.51. The van der Waals surface area contributed by atoms with Crippen molar-refractivity contribution < 1.29 is 0 Å². The molecular weight excluding hydrogens is 292 g/mol. The molecule has 0 heterocycles. The second-order valence-electron chi connectivity index (χ2n) is 1.08. The summed E-state index contributed by atoms with van der Waals surface area (Å²) in [4.78, 5) is 0. The van der Waals surface area contributed by atoms with Gasteiger partial charge in [-0.2, -0.15) is 0 Å². The van der Waals surface area contributed by atoms with Crippen LogP contribution in [-0.2, 0) is 10.7 Å². The summed E-state index contributed by atoms with van der Waals surface area (Å²) in [5.74, 6) is 0. The number of thiol groups is 1. The van der Waals surface area contributed by atoms with Gasteiger partial charge in [0.25, 0.3) is 0 Å². The van der Waals surface area contributed by atoms with Crippen LogP contribution in [0, 0.1) is 0 Å². The Labute approximate surface area is 84.8 Å². The minimum atomic E-state index is -0.404. The summed E-state index contributed by atoms with van der Waals surface area (Å²) in [5, 5.41) is 0. The number of hydrogen-bond acceptors (Lipinski definition) is 1. The van der Waals surface area contributed by atoms with Crippen LogP contribution >= 0.6 is 67.8 Å². The van der Waals surface area contributed by atoms with E-state index in [9.17, 15) is 0 Å². The van der Waals surface area contributed by atoms with Crippen molar-refractivity contribution in [2.75, 3.05) is 0 Å². The van der Waals surface area contributed by atoms with Gasteiger partial charge < -0.3 is 0 Å². The van der Waals surface area contributed by atoms with Crippen LogP contribution in [0.15, 0.2) is 0 Å². The molecule has 0 aromatic heterocycles. The van der Waals surface area contributed by atoms with Crippen molar-refractivity contribution in [3.05, 3.63) is 0 Å². The van der Waals surface area contributed by atoms with Gasteiger partial charge in [0.05, 0.1) is 0 Å². The predicted octanol–water partition coefficient (Wildman–Crippen LogP) is 4.15. The molecule has 0 amide bonds. The zero-order chi connectivity index (χ0) is 8.85. The molecule has 0 bridgehead atoms. The summed E-state index contributed by atoms with van der Waals surface area (Å²) in [7, 11) is 10.2. The Kier molecular flexibility index (Phi) is 10.5. The van der Waals surface area contributed by atoms with Gasteiger partial charge in [0.1, 0.15) is 0 Å². The van der Waals surface area contributed by atoms with Crippen molar-refractivity contribution in [3.63, 3.8) is 0 Å². The molecule has 0 aliphatic heterocycles. The number of hydrogen-bond donors (Lipinski definition) is 1. The molecule has 0 saturated carbocycles. The van der Waals surface area contributed by atoms with E-state index >= 15 is 0 Å². The van der Waals surface area contributed by atoms with E-state index in [1.165, 1.54) is 7.04 Å². The van der Waals surface area contributed by atoms with Gasteiger partial charge in [-0.15, -0.1) is 0 Å². The fourth-order valence-corrected chi connectivity index (χ4v) is 37.3. The van der Waals surface area contributed by atoms with Crippen molar-refractivity contribution in [2.45, 2.75) is 0 Å². The zero-order valence-corrected chi connectivity index (χ0v) is 13.7. The molecule has 0 aromatic rings. The van der Waals surface area contributed by atoms with E-state index in [2.05, 4.69) is 26.8 Å². The Morgan fingerprint density at radius 3 is 2.70 bits per heavy atom. The number of rotatable bonds is 4. The first-order chi connectivity index (χ1) is 5.11. The van der Waals surface area contributed by atoms with E-state index in [0.29, 0.717) is 0 Å². The van der Waals surface area contributed by atoms with Crippen molar-refractivity contribution in [2.24, 2.45) is 0 Å². The van der Waals surface area contributed by atoms with Crippen molar-refractivity contribution in [1.29, 1.82) is 1.12 Å². The van der Waals surface area contributed by atoms with E-state index in [1.807, 2.05) is 0 Å². The fraction of sp³-hybridized carbons (Fsp3) is 0. The third-order valence-electron chi connectivity index (χ3n) is 0.502. The van der Waals surface area contributed by atoms with Crippen LogP contribution in [0.4, 0.5) is 0 Å². The first-order valence-corrected chi connectivity index (χ1v) is 15.9. The van der Waals surface area contributed by atoms with Gasteiger partial charge in [-0.05, 0) is 0 Å². The second-order valence-corrected chi connectivity index (χ2v) is 25.6. The van der Waals surface area contributed by atoms with Crippen LogP contribution in [0.2, 0.25) is 0 Å². The van der Waals surface area contributed by atoms with E-state index in [4.69, 9.17) is 13.2 Å². The van der Waals surface area contributed by atoms with Crippen LogP contribution in [0.1, 0.15) is 0 Å². The van der Waals surface area contributed by atoms with Crippen LogP contribution in [-0.4, -0.2) is 6.56 Å². The van der Waals surface area contributed by atoms with Gasteiger partial charge in [0, 0.05) is 0 Å². The molecule has 0 radical (unpaired) electrons. The van der Waals surface area contributed by atoms with Crippen molar-refractivity contribution >= 4 is 83.9 Å².